The monoisotopic (exact) mass is 473 g/mol. The third-order valence-electron chi connectivity index (χ3n) is 6.91. The van der Waals surface area contributed by atoms with Gasteiger partial charge in [-0.1, -0.05) is 83.1 Å². The number of ether oxygens (including phenoxy) is 2. The molecule has 1 aliphatic rings. The Labute approximate surface area is 207 Å². The van der Waals surface area contributed by atoms with Gasteiger partial charge in [-0.15, -0.1) is 0 Å². The fraction of sp³-hybridized carbons (Fsp3) is 0.690. The van der Waals surface area contributed by atoms with Crippen LogP contribution in [0.4, 0.5) is 0 Å². The van der Waals surface area contributed by atoms with Gasteiger partial charge in [0.2, 0.25) is 0 Å². The summed E-state index contributed by atoms with van der Waals surface area (Å²) in [4.78, 5) is 15.0. The summed E-state index contributed by atoms with van der Waals surface area (Å²) in [5.41, 5.74) is -0.534. The molecule has 1 aromatic carbocycles. The Hall–Kier alpha value is -1.85. The van der Waals surface area contributed by atoms with Crippen molar-refractivity contribution in [3.8, 4) is 5.75 Å². The molecule has 34 heavy (non-hydrogen) atoms. The average Bonchev–Trinajstić information content (AvgIpc) is 2.88. The Morgan fingerprint density at radius 3 is 2.26 bits per heavy atom. The molecule has 1 fully saturated rings. The molecule has 0 bridgehead atoms. The first-order chi connectivity index (χ1) is 16.5. The highest BCUT2D eigenvalue weighted by molar-refractivity contribution is 5.87. The van der Waals surface area contributed by atoms with E-state index in [0.29, 0.717) is 19.7 Å². The van der Waals surface area contributed by atoms with E-state index in [2.05, 4.69) is 13.5 Å². The Kier molecular flexibility index (Phi) is 13.3. The zero-order valence-electron chi connectivity index (χ0n) is 21.6. The van der Waals surface area contributed by atoms with Gasteiger partial charge in [-0.3, -0.25) is 4.79 Å². The molecule has 1 N–H and O–H groups in total. The number of rotatable bonds is 17. The van der Waals surface area contributed by atoms with Crippen molar-refractivity contribution < 1.29 is 19.4 Å². The van der Waals surface area contributed by atoms with Crippen molar-refractivity contribution in [3.63, 3.8) is 0 Å². The van der Waals surface area contributed by atoms with Crippen molar-refractivity contribution in [1.82, 2.24) is 4.90 Å². The van der Waals surface area contributed by atoms with Gasteiger partial charge in [0.15, 0.2) is 5.60 Å². The molecule has 0 aromatic heterocycles. The first-order valence-electron chi connectivity index (χ1n) is 13.4. The largest absolute Gasteiger partial charge is 0.497 e. The average molecular weight is 474 g/mol. The minimum Gasteiger partial charge on any atom is -0.497 e. The van der Waals surface area contributed by atoms with Crippen LogP contribution in [-0.4, -0.2) is 47.8 Å². The fourth-order valence-electron chi connectivity index (χ4n) is 4.66. The highest BCUT2D eigenvalue weighted by atomic mass is 16.5. The van der Waals surface area contributed by atoms with Gasteiger partial charge in [-0.25, -0.2) is 0 Å². The molecular weight excluding hydrogens is 426 g/mol. The summed E-state index contributed by atoms with van der Waals surface area (Å²) in [6, 6.07) is 7.83. The van der Waals surface area contributed by atoms with E-state index in [1.165, 1.54) is 44.6 Å². The van der Waals surface area contributed by atoms with Crippen molar-refractivity contribution in [3.05, 3.63) is 42.5 Å². The van der Waals surface area contributed by atoms with E-state index in [0.717, 1.165) is 49.8 Å². The summed E-state index contributed by atoms with van der Waals surface area (Å²) >= 11 is 0. The highest BCUT2D eigenvalue weighted by Gasteiger charge is 2.39. The highest BCUT2D eigenvalue weighted by Crippen LogP contribution is 2.26. The lowest BCUT2D eigenvalue weighted by molar-refractivity contribution is -0.151. The number of likely N-dealkylation sites (tertiary alicyclic amines) is 1. The fourth-order valence-corrected chi connectivity index (χ4v) is 4.66. The molecule has 0 unspecified atom stereocenters. The molecule has 1 saturated heterocycles. The van der Waals surface area contributed by atoms with Gasteiger partial charge in [0.1, 0.15) is 5.75 Å². The van der Waals surface area contributed by atoms with Gasteiger partial charge in [0.25, 0.3) is 5.91 Å². The van der Waals surface area contributed by atoms with E-state index in [4.69, 9.17) is 9.47 Å². The quantitative estimate of drug-likeness (QED) is 0.209. The number of amides is 1. The molecule has 0 saturated carbocycles. The number of hydrogen-bond donors (Lipinski definition) is 1. The summed E-state index contributed by atoms with van der Waals surface area (Å²) < 4.78 is 11.5. The third-order valence-corrected chi connectivity index (χ3v) is 6.91. The zero-order valence-corrected chi connectivity index (χ0v) is 21.6. The minimum atomic E-state index is -1.58. The third kappa shape index (κ3) is 9.79. The zero-order chi connectivity index (χ0) is 24.7. The molecule has 2 atom stereocenters. The molecule has 192 valence electrons. The van der Waals surface area contributed by atoms with E-state index in [1.807, 2.05) is 24.3 Å². The van der Waals surface area contributed by atoms with E-state index >= 15 is 0 Å². The number of carbonyl (C=O) groups is 1. The molecule has 1 heterocycles. The second-order valence-electron chi connectivity index (χ2n) is 9.73. The number of unbranched alkanes of at least 4 members (excludes halogenated alkanes) is 7. The first kappa shape index (κ1) is 28.4. The number of piperidine rings is 1. The van der Waals surface area contributed by atoms with Gasteiger partial charge in [-0.05, 0) is 43.4 Å². The summed E-state index contributed by atoms with van der Waals surface area (Å²) in [6.45, 7) is 7.93. The number of nitrogens with zero attached hydrogens (tertiary/aromatic N) is 1. The number of benzene rings is 1. The van der Waals surface area contributed by atoms with Crippen LogP contribution < -0.4 is 4.74 Å². The molecule has 0 aliphatic carbocycles. The van der Waals surface area contributed by atoms with Crippen LogP contribution >= 0.6 is 0 Å². The maximum absolute atomic E-state index is 13.2. The Bertz CT molecular complexity index is 699. The van der Waals surface area contributed by atoms with E-state index in [-0.39, 0.29) is 18.4 Å². The summed E-state index contributed by atoms with van der Waals surface area (Å²) in [6.07, 6.45) is 15.4. The SMILES string of the molecule is C=C[C@](O)(C[C@H](CCCCCCCCCC)OCc1ccc(OC)cc1)C(=O)N1CCCCC1. The molecule has 1 aromatic rings. The molecule has 0 radical (unpaired) electrons. The Morgan fingerprint density at radius 1 is 1.06 bits per heavy atom. The Morgan fingerprint density at radius 2 is 1.68 bits per heavy atom. The summed E-state index contributed by atoms with van der Waals surface area (Å²) in [7, 11) is 1.65. The number of methoxy groups -OCH3 is 1. The summed E-state index contributed by atoms with van der Waals surface area (Å²) in [5, 5.41) is 11.3. The summed E-state index contributed by atoms with van der Waals surface area (Å²) in [5.74, 6) is 0.587. The van der Waals surface area contributed by atoms with Gasteiger partial charge in [0, 0.05) is 19.5 Å². The van der Waals surface area contributed by atoms with Gasteiger partial charge in [0.05, 0.1) is 19.8 Å². The molecule has 2 rings (SSSR count). The molecule has 1 amide bonds. The van der Waals surface area contributed by atoms with Crippen molar-refractivity contribution in [2.75, 3.05) is 20.2 Å². The van der Waals surface area contributed by atoms with Crippen LogP contribution in [-0.2, 0) is 16.1 Å². The molecule has 5 nitrogen and oxygen atoms in total. The number of hydrogen-bond acceptors (Lipinski definition) is 4. The van der Waals surface area contributed by atoms with Gasteiger partial charge in [-0.2, -0.15) is 0 Å². The second-order valence-corrected chi connectivity index (χ2v) is 9.73. The maximum atomic E-state index is 13.2. The van der Waals surface area contributed by atoms with E-state index in [1.54, 1.807) is 12.0 Å². The van der Waals surface area contributed by atoms with Crippen LogP contribution in [0.15, 0.2) is 36.9 Å². The predicted molar refractivity (Wildman–Crippen MR) is 139 cm³/mol. The second kappa shape index (κ2) is 15.9. The van der Waals surface area contributed by atoms with Crippen LogP contribution in [0.5, 0.6) is 5.75 Å². The molecule has 5 heteroatoms. The topological polar surface area (TPSA) is 59.0 Å². The minimum absolute atomic E-state index is 0.209. The van der Waals surface area contributed by atoms with E-state index in [9.17, 15) is 9.90 Å². The van der Waals surface area contributed by atoms with Crippen LogP contribution in [0.3, 0.4) is 0 Å². The van der Waals surface area contributed by atoms with Gasteiger partial charge >= 0.3 is 0 Å². The smallest absolute Gasteiger partial charge is 0.258 e. The molecular formula is C29H47NO4. The van der Waals surface area contributed by atoms with Crippen molar-refractivity contribution in [2.45, 2.75) is 109 Å². The number of carbonyl (C=O) groups excluding carboxylic acids is 1. The van der Waals surface area contributed by atoms with Crippen LogP contribution in [0.25, 0.3) is 0 Å². The standard InChI is InChI=1S/C29H47NO4/c1-4-6-7-8-9-10-11-13-16-27(34-24-25-17-19-26(33-3)20-18-25)23-29(32,5-2)28(31)30-21-14-12-15-22-30/h5,17-20,27,32H,2,4,6-16,21-24H2,1,3H3/t27-,29-/m0/s1. The lowest BCUT2D eigenvalue weighted by Crippen LogP contribution is -2.51. The normalized spacial score (nSPS) is 16.6. The van der Waals surface area contributed by atoms with Crippen molar-refractivity contribution in [2.24, 2.45) is 0 Å². The maximum Gasteiger partial charge on any atom is 0.258 e. The van der Waals surface area contributed by atoms with Crippen LogP contribution in [0, 0.1) is 0 Å². The van der Waals surface area contributed by atoms with Gasteiger partial charge < -0.3 is 19.5 Å². The number of aliphatic hydroxyl groups is 1. The molecule has 0 spiro atoms. The molecule has 1 aliphatic heterocycles. The first-order valence-corrected chi connectivity index (χ1v) is 13.4. The Balaban J connectivity index is 1.94. The van der Waals surface area contributed by atoms with Crippen LogP contribution in [0.1, 0.15) is 96.0 Å². The van der Waals surface area contributed by atoms with Crippen molar-refractivity contribution >= 4 is 5.91 Å². The van der Waals surface area contributed by atoms with Crippen molar-refractivity contribution in [1.29, 1.82) is 0 Å². The lowest BCUT2D eigenvalue weighted by Gasteiger charge is -2.35. The lowest BCUT2D eigenvalue weighted by atomic mass is 9.91. The van der Waals surface area contributed by atoms with Crippen LogP contribution in [0.2, 0.25) is 0 Å². The van der Waals surface area contributed by atoms with E-state index < -0.39 is 5.60 Å². The predicted octanol–water partition coefficient (Wildman–Crippen LogP) is 6.43.